The van der Waals surface area contributed by atoms with Crippen molar-refractivity contribution in [1.29, 1.82) is 0 Å². The second kappa shape index (κ2) is 6.94. The van der Waals surface area contributed by atoms with Gasteiger partial charge in [-0.05, 0) is 29.8 Å². The number of halogens is 1. The average Bonchev–Trinajstić information content (AvgIpc) is 2.87. The van der Waals surface area contributed by atoms with E-state index in [2.05, 4.69) is 9.98 Å². The SMILES string of the molecule is O=C1CSC(=NCc2cccc(Cl)c2)N1Cc1ccccn1. The molecule has 1 aromatic heterocycles. The number of pyridine rings is 1. The summed E-state index contributed by atoms with van der Waals surface area (Å²) in [4.78, 5) is 22.5. The van der Waals surface area contributed by atoms with Crippen molar-refractivity contribution < 1.29 is 4.79 Å². The molecular formula is C16H14ClN3OS. The van der Waals surface area contributed by atoms with Crippen LogP contribution in [0.4, 0.5) is 0 Å². The minimum atomic E-state index is 0.0699. The molecule has 112 valence electrons. The molecule has 6 heteroatoms. The number of carbonyl (C=O) groups excluding carboxylic acids is 1. The van der Waals surface area contributed by atoms with E-state index in [-0.39, 0.29) is 5.91 Å². The highest BCUT2D eigenvalue weighted by atomic mass is 35.5. The molecule has 2 aromatic rings. The van der Waals surface area contributed by atoms with Crippen molar-refractivity contribution in [1.82, 2.24) is 9.88 Å². The number of thioether (sulfide) groups is 1. The normalized spacial score (nSPS) is 16.5. The van der Waals surface area contributed by atoms with Crippen LogP contribution in [0.5, 0.6) is 0 Å². The van der Waals surface area contributed by atoms with Gasteiger partial charge in [0.1, 0.15) is 0 Å². The lowest BCUT2D eigenvalue weighted by Gasteiger charge is -2.15. The van der Waals surface area contributed by atoms with Crippen molar-refractivity contribution in [3.05, 3.63) is 64.9 Å². The summed E-state index contributed by atoms with van der Waals surface area (Å²) in [6.45, 7) is 0.968. The van der Waals surface area contributed by atoms with Crippen LogP contribution in [0.2, 0.25) is 5.02 Å². The fourth-order valence-corrected chi connectivity index (χ4v) is 3.22. The molecule has 1 aromatic carbocycles. The lowest BCUT2D eigenvalue weighted by molar-refractivity contribution is -0.124. The fraction of sp³-hybridized carbons (Fsp3) is 0.188. The maximum Gasteiger partial charge on any atom is 0.239 e. The number of carbonyl (C=O) groups is 1. The Bertz CT molecular complexity index is 706. The van der Waals surface area contributed by atoms with Gasteiger partial charge in [-0.3, -0.25) is 19.7 Å². The van der Waals surface area contributed by atoms with E-state index in [0.717, 1.165) is 16.4 Å². The largest absolute Gasteiger partial charge is 0.285 e. The number of aromatic nitrogens is 1. The lowest BCUT2D eigenvalue weighted by atomic mass is 10.2. The Kier molecular flexibility index (Phi) is 4.75. The van der Waals surface area contributed by atoms with Gasteiger partial charge in [-0.25, -0.2) is 0 Å². The van der Waals surface area contributed by atoms with Crippen molar-refractivity contribution in [2.45, 2.75) is 13.1 Å². The Hall–Kier alpha value is -1.85. The Labute approximate surface area is 138 Å². The monoisotopic (exact) mass is 331 g/mol. The van der Waals surface area contributed by atoms with Gasteiger partial charge in [-0.2, -0.15) is 0 Å². The van der Waals surface area contributed by atoms with Crippen molar-refractivity contribution in [3.8, 4) is 0 Å². The first-order valence-electron chi connectivity index (χ1n) is 6.84. The van der Waals surface area contributed by atoms with Gasteiger partial charge in [-0.15, -0.1) is 0 Å². The van der Waals surface area contributed by atoms with Crippen LogP contribution in [0.15, 0.2) is 53.7 Å². The molecule has 1 fully saturated rings. The topological polar surface area (TPSA) is 45.6 Å². The highest BCUT2D eigenvalue weighted by Gasteiger charge is 2.28. The van der Waals surface area contributed by atoms with Crippen LogP contribution in [-0.4, -0.2) is 26.7 Å². The maximum absolute atomic E-state index is 12.0. The third-order valence-corrected chi connectivity index (χ3v) is 4.42. The van der Waals surface area contributed by atoms with Crippen molar-refractivity contribution in [2.24, 2.45) is 4.99 Å². The van der Waals surface area contributed by atoms with Gasteiger partial charge in [-0.1, -0.05) is 41.6 Å². The predicted molar refractivity (Wildman–Crippen MR) is 89.8 cm³/mol. The number of rotatable bonds is 4. The molecule has 0 radical (unpaired) electrons. The summed E-state index contributed by atoms with van der Waals surface area (Å²) in [6.07, 6.45) is 1.73. The van der Waals surface area contributed by atoms with E-state index in [0.29, 0.717) is 23.9 Å². The van der Waals surface area contributed by atoms with Crippen LogP contribution in [0.1, 0.15) is 11.3 Å². The molecule has 0 atom stereocenters. The quantitative estimate of drug-likeness (QED) is 0.863. The van der Waals surface area contributed by atoms with E-state index < -0.39 is 0 Å². The average molecular weight is 332 g/mol. The zero-order chi connectivity index (χ0) is 15.4. The molecule has 0 unspecified atom stereocenters. The second-order valence-electron chi connectivity index (χ2n) is 4.82. The molecule has 0 aliphatic carbocycles. The molecule has 2 heterocycles. The Morgan fingerprint density at radius 3 is 2.95 bits per heavy atom. The first-order chi connectivity index (χ1) is 10.7. The maximum atomic E-state index is 12.0. The standard InChI is InChI=1S/C16H14ClN3OS/c17-13-5-3-4-12(8-13)9-19-16-20(15(21)11-22-16)10-14-6-1-2-7-18-14/h1-8H,9-11H2. The zero-order valence-electron chi connectivity index (χ0n) is 11.8. The van der Waals surface area contributed by atoms with Gasteiger partial charge in [0, 0.05) is 11.2 Å². The van der Waals surface area contributed by atoms with Gasteiger partial charge in [0.2, 0.25) is 5.91 Å². The second-order valence-corrected chi connectivity index (χ2v) is 6.20. The number of amidine groups is 1. The lowest BCUT2D eigenvalue weighted by Crippen LogP contribution is -2.29. The van der Waals surface area contributed by atoms with Crippen molar-refractivity contribution in [2.75, 3.05) is 5.75 Å². The number of hydrogen-bond donors (Lipinski definition) is 0. The highest BCUT2D eigenvalue weighted by Crippen LogP contribution is 2.22. The summed E-state index contributed by atoms with van der Waals surface area (Å²) in [5.41, 5.74) is 1.88. The third kappa shape index (κ3) is 3.67. The molecular weight excluding hydrogens is 318 g/mol. The number of hydrogen-bond acceptors (Lipinski definition) is 4. The predicted octanol–water partition coefficient (Wildman–Crippen LogP) is 3.37. The van der Waals surface area contributed by atoms with Crippen LogP contribution in [0, 0.1) is 0 Å². The number of nitrogens with zero attached hydrogens (tertiary/aromatic N) is 3. The van der Waals surface area contributed by atoms with E-state index in [4.69, 9.17) is 11.6 Å². The molecule has 0 spiro atoms. The molecule has 4 nitrogen and oxygen atoms in total. The zero-order valence-corrected chi connectivity index (χ0v) is 13.3. The summed E-state index contributed by atoms with van der Waals surface area (Å²) in [5, 5.41) is 1.44. The van der Waals surface area contributed by atoms with Gasteiger partial charge in [0.25, 0.3) is 0 Å². The van der Waals surface area contributed by atoms with Gasteiger partial charge >= 0.3 is 0 Å². The van der Waals surface area contributed by atoms with Crippen molar-refractivity contribution >= 4 is 34.4 Å². The molecule has 3 rings (SSSR count). The number of aliphatic imine (C=N–C) groups is 1. The summed E-state index contributed by atoms with van der Waals surface area (Å²) in [5.74, 6) is 0.502. The third-order valence-electron chi connectivity index (χ3n) is 3.19. The number of amides is 1. The molecule has 1 aliphatic heterocycles. The van der Waals surface area contributed by atoms with Crippen LogP contribution < -0.4 is 0 Å². The molecule has 1 amide bonds. The minimum Gasteiger partial charge on any atom is -0.285 e. The Morgan fingerprint density at radius 2 is 2.18 bits per heavy atom. The van der Waals surface area contributed by atoms with Crippen LogP contribution >= 0.6 is 23.4 Å². The Balaban J connectivity index is 1.74. The first-order valence-corrected chi connectivity index (χ1v) is 8.21. The molecule has 0 N–H and O–H groups in total. The van der Waals surface area contributed by atoms with E-state index in [9.17, 15) is 4.79 Å². The summed E-state index contributed by atoms with van der Waals surface area (Å²) in [6, 6.07) is 13.3. The smallest absolute Gasteiger partial charge is 0.239 e. The minimum absolute atomic E-state index is 0.0699. The molecule has 0 saturated carbocycles. The molecule has 1 saturated heterocycles. The van der Waals surface area contributed by atoms with Gasteiger partial charge in [0.15, 0.2) is 5.17 Å². The van der Waals surface area contributed by atoms with Gasteiger partial charge in [0.05, 0.1) is 24.5 Å². The Morgan fingerprint density at radius 1 is 1.27 bits per heavy atom. The van der Waals surface area contributed by atoms with E-state index in [1.807, 2.05) is 42.5 Å². The van der Waals surface area contributed by atoms with Crippen molar-refractivity contribution in [3.63, 3.8) is 0 Å². The van der Waals surface area contributed by atoms with Crippen LogP contribution in [0.3, 0.4) is 0 Å². The molecule has 22 heavy (non-hydrogen) atoms. The van der Waals surface area contributed by atoms with Gasteiger partial charge < -0.3 is 0 Å². The molecule has 0 bridgehead atoms. The van der Waals surface area contributed by atoms with Crippen LogP contribution in [-0.2, 0) is 17.9 Å². The van der Waals surface area contributed by atoms with E-state index in [1.165, 1.54) is 11.8 Å². The summed E-state index contributed by atoms with van der Waals surface area (Å²) in [7, 11) is 0. The first kappa shape index (κ1) is 15.1. The number of benzene rings is 1. The fourth-order valence-electron chi connectivity index (χ4n) is 2.12. The highest BCUT2D eigenvalue weighted by molar-refractivity contribution is 8.15. The summed E-state index contributed by atoms with van der Waals surface area (Å²) < 4.78 is 0. The summed E-state index contributed by atoms with van der Waals surface area (Å²) >= 11 is 7.44. The van der Waals surface area contributed by atoms with E-state index >= 15 is 0 Å². The molecule has 1 aliphatic rings. The van der Waals surface area contributed by atoms with E-state index in [1.54, 1.807) is 11.1 Å². The van der Waals surface area contributed by atoms with Crippen LogP contribution in [0.25, 0.3) is 0 Å².